The lowest BCUT2D eigenvalue weighted by atomic mass is 9.86. The van der Waals surface area contributed by atoms with Gasteiger partial charge in [0.15, 0.2) is 17.6 Å². The number of esters is 1. The first-order valence-corrected chi connectivity index (χ1v) is 16.3. The number of rotatable bonds is 11. The van der Waals surface area contributed by atoms with Crippen LogP contribution in [0.25, 0.3) is 0 Å². The number of methoxy groups -OCH3 is 2. The number of carbonyl (C=O) groups excluding carboxylic acids is 1. The average molecular weight is 712 g/mol. The Kier molecular flexibility index (Phi) is 9.36. The minimum atomic E-state index is -1.85. The number of nitrogens with zero attached hydrogens (tertiary/aromatic N) is 1. The summed E-state index contributed by atoms with van der Waals surface area (Å²) in [6.07, 6.45) is -7.47. The zero-order valence-electron chi connectivity index (χ0n) is 27.6. The second-order valence-electron chi connectivity index (χ2n) is 12.8. The van der Waals surface area contributed by atoms with Crippen LogP contribution in [0.1, 0.15) is 35.1 Å². The van der Waals surface area contributed by atoms with Crippen LogP contribution in [0.5, 0.6) is 28.7 Å². The second kappa shape index (κ2) is 13.8. The standard InChI is InChI=1S/C34H38N4O13/c1-45-20-4-3-17-18-13-47-21-8-16(48-34-27(44)25(42)26(43)31(51-34)32(33(35)36)49-23(41)9-22(39)40)7-15(11-38-10-14-5-6-37-19(14)12-38)24(21)28(18)50-29(17)30(20)46-2/h3-8,12,18,25-28,31-34,42-44H,9-11,13,35-36H2,1-2H3,(H,39,40)/p+1/t18-,25-,26-,27+,28+,31-,32-,34+/m0/s1. The number of carboxylic acid groups (broad SMARTS) is 1. The molecule has 2 aromatic rings. The van der Waals surface area contributed by atoms with E-state index in [0.29, 0.717) is 36.1 Å². The fourth-order valence-electron chi connectivity index (χ4n) is 7.19. The average Bonchev–Trinajstić information content (AvgIpc) is 3.80. The molecule has 9 atom stereocenters. The number of quaternary nitrogens is 1. The Morgan fingerprint density at radius 3 is 2.61 bits per heavy atom. The molecule has 0 aromatic heterocycles. The van der Waals surface area contributed by atoms with Gasteiger partial charge in [-0.1, -0.05) is 6.07 Å². The monoisotopic (exact) mass is 711 g/mol. The predicted molar refractivity (Wildman–Crippen MR) is 173 cm³/mol. The van der Waals surface area contributed by atoms with Gasteiger partial charge in [-0.05, 0) is 18.2 Å². The molecule has 17 heteroatoms. The van der Waals surface area contributed by atoms with Crippen LogP contribution >= 0.6 is 0 Å². The van der Waals surface area contributed by atoms with Crippen LogP contribution in [0.15, 0.2) is 52.8 Å². The summed E-state index contributed by atoms with van der Waals surface area (Å²) in [6.45, 7) is 1.41. The van der Waals surface area contributed by atoms with Crippen molar-refractivity contribution in [1.82, 2.24) is 0 Å². The van der Waals surface area contributed by atoms with Crippen molar-refractivity contribution in [1.29, 1.82) is 0 Å². The van der Waals surface area contributed by atoms with E-state index in [1.165, 1.54) is 0 Å². The third kappa shape index (κ3) is 6.37. The van der Waals surface area contributed by atoms with E-state index in [2.05, 4.69) is 4.99 Å². The smallest absolute Gasteiger partial charge is 0.317 e. The summed E-state index contributed by atoms with van der Waals surface area (Å²) in [5.74, 6) is -0.626. The topological polar surface area (TPSA) is 249 Å². The van der Waals surface area contributed by atoms with Crippen molar-refractivity contribution < 1.29 is 68.1 Å². The number of aliphatic hydroxyl groups is 3. The number of carbonyl (C=O) groups is 2. The lowest BCUT2D eigenvalue weighted by Gasteiger charge is -2.43. The molecule has 7 rings (SSSR count). The van der Waals surface area contributed by atoms with Crippen LogP contribution in [0.2, 0.25) is 0 Å². The molecule has 51 heavy (non-hydrogen) atoms. The van der Waals surface area contributed by atoms with E-state index in [1.807, 2.05) is 24.4 Å². The van der Waals surface area contributed by atoms with Crippen molar-refractivity contribution in [3.8, 4) is 28.7 Å². The maximum atomic E-state index is 12.2. The van der Waals surface area contributed by atoms with Gasteiger partial charge in [0.05, 0.1) is 32.9 Å². The molecular formula is C34H39N4O13+. The molecule has 5 heterocycles. The van der Waals surface area contributed by atoms with E-state index in [-0.39, 0.29) is 18.3 Å². The highest BCUT2D eigenvalue weighted by Gasteiger charge is 2.51. The van der Waals surface area contributed by atoms with E-state index < -0.39 is 67.4 Å². The van der Waals surface area contributed by atoms with Gasteiger partial charge < -0.3 is 65.1 Å². The maximum absolute atomic E-state index is 12.2. The van der Waals surface area contributed by atoms with Gasteiger partial charge in [-0.15, -0.1) is 0 Å². The minimum Gasteiger partial charge on any atom is -0.493 e. The number of aliphatic hydroxyl groups excluding tert-OH is 3. The first-order valence-electron chi connectivity index (χ1n) is 16.3. The van der Waals surface area contributed by atoms with Crippen molar-refractivity contribution in [2.24, 2.45) is 16.5 Å². The molecule has 0 bridgehead atoms. The van der Waals surface area contributed by atoms with Crippen molar-refractivity contribution in [3.63, 3.8) is 0 Å². The van der Waals surface area contributed by atoms with Crippen molar-refractivity contribution >= 4 is 18.2 Å². The van der Waals surface area contributed by atoms with Crippen LogP contribution in [-0.2, 0) is 25.6 Å². The highest BCUT2D eigenvalue weighted by Crippen LogP contribution is 2.57. The summed E-state index contributed by atoms with van der Waals surface area (Å²) in [5, 5.41) is 41.5. The van der Waals surface area contributed by atoms with Gasteiger partial charge in [0.1, 0.15) is 73.4 Å². The van der Waals surface area contributed by atoms with Gasteiger partial charge in [0, 0.05) is 34.5 Å². The molecule has 1 fully saturated rings. The summed E-state index contributed by atoms with van der Waals surface area (Å²) in [5.41, 5.74) is 16.1. The number of nitrogens with two attached hydrogens (primary N) is 2. The second-order valence-corrected chi connectivity index (χ2v) is 12.8. The normalized spacial score (nSPS) is 29.0. The Hall–Kier alpha value is -4.75. The van der Waals surface area contributed by atoms with E-state index >= 15 is 0 Å². The highest BCUT2D eigenvalue weighted by molar-refractivity contribution is 5.90. The first-order chi connectivity index (χ1) is 24.5. The number of ether oxygens (including phenoxy) is 7. The van der Waals surface area contributed by atoms with Crippen molar-refractivity contribution in [2.45, 2.75) is 68.0 Å². The molecule has 5 aliphatic heterocycles. The van der Waals surface area contributed by atoms with Gasteiger partial charge in [-0.3, -0.25) is 19.5 Å². The third-order valence-corrected chi connectivity index (χ3v) is 9.56. The van der Waals surface area contributed by atoms with Crippen LogP contribution in [0, 0.1) is 0 Å². The van der Waals surface area contributed by atoms with Gasteiger partial charge in [0.25, 0.3) is 0 Å². The molecule has 0 amide bonds. The van der Waals surface area contributed by atoms with Crippen LogP contribution in [-0.4, -0.2) is 109 Å². The molecule has 9 N–H and O–H groups in total. The molecule has 2 aromatic carbocycles. The van der Waals surface area contributed by atoms with E-state index in [1.54, 1.807) is 32.6 Å². The molecule has 17 nitrogen and oxygen atoms in total. The summed E-state index contributed by atoms with van der Waals surface area (Å²) in [4.78, 5) is 28.7. The largest absolute Gasteiger partial charge is 0.493 e. The molecule has 0 radical (unpaired) electrons. The molecule has 1 unspecified atom stereocenters. The fraction of sp³-hybridized carbons (Fsp3) is 0.441. The number of nitrogens with one attached hydrogen (secondary N) is 1. The molecular weight excluding hydrogens is 672 g/mol. The van der Waals surface area contributed by atoms with Gasteiger partial charge in [0.2, 0.25) is 12.0 Å². The summed E-state index contributed by atoms with van der Waals surface area (Å²) >= 11 is 0. The lowest BCUT2D eigenvalue weighted by Crippen LogP contribution is -3.04. The quantitative estimate of drug-likeness (QED) is 0.0787. The number of hydrogen-bond donors (Lipinski definition) is 7. The van der Waals surface area contributed by atoms with Crippen LogP contribution < -0.4 is 40.1 Å². The molecule has 5 aliphatic rings. The Morgan fingerprint density at radius 2 is 1.90 bits per heavy atom. The predicted octanol–water partition coefficient (Wildman–Crippen LogP) is -1.62. The highest BCUT2D eigenvalue weighted by atomic mass is 16.7. The summed E-state index contributed by atoms with van der Waals surface area (Å²) in [7, 11) is 3.10. The zero-order chi connectivity index (χ0) is 36.1. The summed E-state index contributed by atoms with van der Waals surface area (Å²) < 4.78 is 41.2. The summed E-state index contributed by atoms with van der Waals surface area (Å²) in [6, 6.07) is 7.13. The Bertz CT molecular complexity index is 1810. The van der Waals surface area contributed by atoms with Gasteiger partial charge in [-0.2, -0.15) is 0 Å². The SMILES string of the molecule is COc1ccc2c(c1OC)O[C@H]1c3c(C[NH+]4C=C5N=CC=C5C4)cc(O[C@@H]4O[C@H]([C@H](OC(=O)CC(=O)O)C(N)N)[C@@H](O)[C@H](O)[C@H]4O)cc3OC[C@@H]21. The molecule has 0 spiro atoms. The van der Waals surface area contributed by atoms with Crippen molar-refractivity contribution in [3.05, 3.63) is 64.5 Å². The first kappa shape index (κ1) is 34.7. The van der Waals surface area contributed by atoms with E-state index in [9.17, 15) is 24.9 Å². The number of fused-ring (bicyclic) bond motifs is 6. The zero-order valence-corrected chi connectivity index (χ0v) is 27.6. The third-order valence-electron chi connectivity index (χ3n) is 9.56. The Morgan fingerprint density at radius 1 is 1.10 bits per heavy atom. The molecule has 272 valence electrons. The Labute approximate surface area is 291 Å². The van der Waals surface area contributed by atoms with E-state index in [0.717, 1.165) is 32.9 Å². The van der Waals surface area contributed by atoms with Gasteiger partial charge in [-0.25, -0.2) is 0 Å². The van der Waals surface area contributed by atoms with Gasteiger partial charge >= 0.3 is 11.9 Å². The fourth-order valence-corrected chi connectivity index (χ4v) is 7.19. The Balaban J connectivity index is 1.21. The number of aliphatic carboxylic acids is 1. The number of allylic oxidation sites excluding steroid dienone is 1. The van der Waals surface area contributed by atoms with E-state index in [4.69, 9.17) is 49.7 Å². The van der Waals surface area contributed by atoms with Crippen LogP contribution in [0.4, 0.5) is 0 Å². The number of carboxylic acids is 1. The maximum Gasteiger partial charge on any atom is 0.317 e. The van der Waals surface area contributed by atoms with Crippen molar-refractivity contribution in [2.75, 3.05) is 27.4 Å². The molecule has 0 aliphatic carbocycles. The van der Waals surface area contributed by atoms with Crippen LogP contribution in [0.3, 0.4) is 0 Å². The molecule has 1 saturated heterocycles. The lowest BCUT2D eigenvalue weighted by molar-refractivity contribution is -0.851. The molecule has 0 saturated carbocycles. The number of hydrogen-bond acceptors (Lipinski definition) is 15. The minimum absolute atomic E-state index is 0.168. The number of benzene rings is 2. The number of aliphatic imine (C=N–C) groups is 1.